The third-order valence-corrected chi connectivity index (χ3v) is 5.59. The first-order valence-corrected chi connectivity index (χ1v) is 10.2. The zero-order chi connectivity index (χ0) is 21.5. The van der Waals surface area contributed by atoms with Gasteiger partial charge in [0.05, 0.1) is 37.8 Å². The van der Waals surface area contributed by atoms with Crippen molar-refractivity contribution < 1.29 is 4.79 Å². The largest absolute Gasteiger partial charge is 0.324 e. The zero-order valence-corrected chi connectivity index (χ0v) is 17.8. The van der Waals surface area contributed by atoms with E-state index in [2.05, 4.69) is 25.6 Å². The first-order chi connectivity index (χ1) is 15.0. The number of aromatic nitrogens is 4. The van der Waals surface area contributed by atoms with E-state index in [0.29, 0.717) is 38.7 Å². The summed E-state index contributed by atoms with van der Waals surface area (Å²) < 4.78 is 1.84. The Morgan fingerprint density at radius 3 is 2.52 bits per heavy atom. The molecule has 0 spiro atoms. The number of nitrogens with zero attached hydrogens (tertiary/aromatic N) is 3. The van der Waals surface area contributed by atoms with E-state index in [0.717, 1.165) is 16.6 Å². The van der Waals surface area contributed by atoms with E-state index in [-0.39, 0.29) is 5.91 Å². The van der Waals surface area contributed by atoms with Gasteiger partial charge < -0.3 is 14.9 Å². The van der Waals surface area contributed by atoms with E-state index >= 15 is 0 Å². The van der Waals surface area contributed by atoms with Crippen LogP contribution in [0, 0.1) is 0 Å². The molecule has 0 aliphatic rings. The quantitative estimate of drug-likeness (QED) is 0.325. The Hall–Kier alpha value is -3.55. The summed E-state index contributed by atoms with van der Waals surface area (Å²) in [5.74, 6) is 0.675. The topological polar surface area (TPSA) is 87.6 Å². The molecule has 0 aliphatic heterocycles. The van der Waals surface area contributed by atoms with Crippen LogP contribution in [0.5, 0.6) is 0 Å². The fourth-order valence-corrected chi connectivity index (χ4v) is 3.86. The van der Waals surface area contributed by atoms with Gasteiger partial charge in [0, 0.05) is 12.6 Å². The summed E-state index contributed by atoms with van der Waals surface area (Å²) in [5.41, 5.74) is 4.18. The lowest BCUT2D eigenvalue weighted by molar-refractivity contribution is 0.102. The summed E-state index contributed by atoms with van der Waals surface area (Å²) in [7, 11) is 1.86. The molecule has 9 heteroatoms. The van der Waals surface area contributed by atoms with Gasteiger partial charge in [0.15, 0.2) is 0 Å². The molecule has 1 amide bonds. The summed E-state index contributed by atoms with van der Waals surface area (Å²) in [4.78, 5) is 25.0. The molecule has 3 N–H and O–H groups in total. The third kappa shape index (κ3) is 3.58. The van der Waals surface area contributed by atoms with Crippen molar-refractivity contribution in [3.05, 3.63) is 76.3 Å². The molecule has 7 nitrogen and oxygen atoms in total. The minimum atomic E-state index is -0.271. The van der Waals surface area contributed by atoms with Crippen molar-refractivity contribution in [2.45, 2.75) is 0 Å². The normalized spacial score (nSPS) is 11.2. The lowest BCUT2D eigenvalue weighted by Gasteiger charge is -2.06. The molecule has 5 rings (SSSR count). The number of carbonyl (C=O) groups is 1. The Kier molecular flexibility index (Phi) is 4.77. The van der Waals surface area contributed by atoms with E-state index in [1.807, 2.05) is 35.9 Å². The number of hydrogen-bond acceptors (Lipinski definition) is 4. The predicted molar refractivity (Wildman–Crippen MR) is 125 cm³/mol. The van der Waals surface area contributed by atoms with Gasteiger partial charge in [-0.2, -0.15) is 0 Å². The monoisotopic (exact) mass is 450 g/mol. The molecule has 2 heterocycles. The lowest BCUT2D eigenvalue weighted by atomic mass is 10.2. The molecular weight excluding hydrogens is 435 g/mol. The van der Waals surface area contributed by atoms with Crippen LogP contribution < -0.4 is 10.6 Å². The highest BCUT2D eigenvalue weighted by atomic mass is 35.5. The van der Waals surface area contributed by atoms with Crippen LogP contribution in [0.4, 0.5) is 17.6 Å². The smallest absolute Gasteiger partial charge is 0.258 e. The van der Waals surface area contributed by atoms with Gasteiger partial charge in [-0.3, -0.25) is 10.1 Å². The average Bonchev–Trinajstić information content (AvgIpc) is 3.31. The molecule has 0 saturated heterocycles. The third-order valence-electron chi connectivity index (χ3n) is 4.96. The van der Waals surface area contributed by atoms with Gasteiger partial charge in [0.2, 0.25) is 11.9 Å². The highest BCUT2D eigenvalue weighted by molar-refractivity contribution is 6.39. The van der Waals surface area contributed by atoms with Gasteiger partial charge in [0.25, 0.3) is 5.91 Å². The second kappa shape index (κ2) is 7.61. The summed E-state index contributed by atoms with van der Waals surface area (Å²) >= 11 is 12.4. The fraction of sp³-hybridized carbons (Fsp3) is 0.0455. The van der Waals surface area contributed by atoms with Crippen molar-refractivity contribution in [1.29, 1.82) is 0 Å². The number of benzene rings is 3. The van der Waals surface area contributed by atoms with E-state index in [1.165, 1.54) is 0 Å². The standard InChI is InChI=1S/C22H16Cl2N6O/c1-30-18-8-3-2-7-16(18)27-22(30)29-20(31)12-9-10-15-17(11-12)26-21(25-15)28-19-13(23)5-4-6-14(19)24/h2-11H,1H3,(H2,25,26,28)(H,27,29,31). The van der Waals surface area contributed by atoms with Crippen molar-refractivity contribution in [3.63, 3.8) is 0 Å². The number of hydrogen-bond donors (Lipinski definition) is 3. The van der Waals surface area contributed by atoms with Crippen LogP contribution >= 0.6 is 23.2 Å². The molecule has 2 aromatic heterocycles. The molecule has 0 radical (unpaired) electrons. The van der Waals surface area contributed by atoms with Gasteiger partial charge in [-0.25, -0.2) is 9.97 Å². The fourth-order valence-electron chi connectivity index (χ4n) is 3.37. The van der Waals surface area contributed by atoms with Crippen LogP contribution in [0.1, 0.15) is 10.4 Å². The maximum Gasteiger partial charge on any atom is 0.258 e. The first kappa shape index (κ1) is 19.4. The number of anilines is 3. The van der Waals surface area contributed by atoms with Crippen LogP contribution in [-0.4, -0.2) is 25.4 Å². The van der Waals surface area contributed by atoms with Crippen molar-refractivity contribution in [2.24, 2.45) is 7.05 Å². The van der Waals surface area contributed by atoms with Crippen molar-refractivity contribution in [3.8, 4) is 0 Å². The molecule has 0 fully saturated rings. The van der Waals surface area contributed by atoms with Crippen LogP contribution in [0.2, 0.25) is 10.0 Å². The summed E-state index contributed by atoms with van der Waals surface area (Å²) in [6, 6.07) is 18.2. The summed E-state index contributed by atoms with van der Waals surface area (Å²) in [6.45, 7) is 0. The molecule has 5 aromatic rings. The maximum atomic E-state index is 12.8. The predicted octanol–water partition coefficient (Wildman–Crippen LogP) is 5.75. The van der Waals surface area contributed by atoms with Crippen molar-refractivity contribution in [1.82, 2.24) is 19.5 Å². The van der Waals surface area contributed by atoms with Crippen molar-refractivity contribution >= 4 is 68.8 Å². The van der Waals surface area contributed by atoms with Crippen LogP contribution in [0.3, 0.4) is 0 Å². The number of carbonyl (C=O) groups excluding carboxylic acids is 1. The van der Waals surface area contributed by atoms with E-state index in [9.17, 15) is 4.79 Å². The average molecular weight is 451 g/mol. The second-order valence-electron chi connectivity index (χ2n) is 6.98. The maximum absolute atomic E-state index is 12.8. The Balaban J connectivity index is 1.41. The number of amides is 1. The summed E-state index contributed by atoms with van der Waals surface area (Å²) in [5, 5.41) is 6.93. The molecule has 0 aliphatic carbocycles. The molecule has 31 heavy (non-hydrogen) atoms. The van der Waals surface area contributed by atoms with Gasteiger partial charge in [-0.15, -0.1) is 0 Å². The highest BCUT2D eigenvalue weighted by Crippen LogP contribution is 2.32. The molecule has 0 atom stereocenters. The van der Waals surface area contributed by atoms with Gasteiger partial charge in [0.1, 0.15) is 0 Å². The van der Waals surface area contributed by atoms with Gasteiger partial charge in [-0.1, -0.05) is 41.4 Å². The number of aryl methyl sites for hydroxylation is 1. The second-order valence-corrected chi connectivity index (χ2v) is 7.79. The number of H-pyrrole nitrogens is 1. The Morgan fingerprint density at radius 2 is 1.74 bits per heavy atom. The van der Waals surface area contributed by atoms with Crippen LogP contribution in [0.25, 0.3) is 22.1 Å². The molecule has 0 unspecified atom stereocenters. The number of nitrogens with one attached hydrogen (secondary N) is 3. The number of halogens is 2. The van der Waals surface area contributed by atoms with E-state index in [1.54, 1.807) is 36.4 Å². The Morgan fingerprint density at radius 1 is 0.968 bits per heavy atom. The van der Waals surface area contributed by atoms with E-state index < -0.39 is 0 Å². The molecule has 0 bridgehead atoms. The lowest BCUT2D eigenvalue weighted by Crippen LogP contribution is -2.14. The number of imidazole rings is 2. The zero-order valence-electron chi connectivity index (χ0n) is 16.3. The van der Waals surface area contributed by atoms with Crippen LogP contribution in [-0.2, 0) is 7.05 Å². The minimum absolute atomic E-state index is 0.271. The Bertz CT molecular complexity index is 1440. The SMILES string of the molecule is Cn1c(NC(=O)c2ccc3[nH]c(Nc4c(Cl)cccc4Cl)nc3c2)nc2ccccc21. The minimum Gasteiger partial charge on any atom is -0.324 e. The van der Waals surface area contributed by atoms with Crippen LogP contribution in [0.15, 0.2) is 60.7 Å². The van der Waals surface area contributed by atoms with Crippen molar-refractivity contribution in [2.75, 3.05) is 10.6 Å². The molecular formula is C22H16Cl2N6O. The molecule has 154 valence electrons. The van der Waals surface area contributed by atoms with E-state index in [4.69, 9.17) is 23.2 Å². The molecule has 0 saturated carbocycles. The summed E-state index contributed by atoms with van der Waals surface area (Å²) in [6.07, 6.45) is 0. The number of para-hydroxylation sites is 3. The Labute approximate surface area is 187 Å². The van der Waals surface area contributed by atoms with Gasteiger partial charge >= 0.3 is 0 Å². The van der Waals surface area contributed by atoms with Gasteiger partial charge in [-0.05, 0) is 42.5 Å². The first-order valence-electron chi connectivity index (χ1n) is 9.43. The number of aromatic amines is 1. The molecule has 3 aromatic carbocycles. The number of rotatable bonds is 4. The number of fused-ring (bicyclic) bond motifs is 2. The highest BCUT2D eigenvalue weighted by Gasteiger charge is 2.14.